The molecule has 3 aromatic rings. The SMILES string of the molecule is COC(=O)c1c(C)n(Cc2ccc(C)cc2)c2cc(C)c(C)cc2c1=O. The third-order valence-electron chi connectivity index (χ3n) is 4.99. The number of benzene rings is 2. The number of carbonyl (C=O) groups is 1. The number of fused-ring (bicyclic) bond motifs is 1. The average Bonchev–Trinajstić information content (AvgIpc) is 2.62. The van der Waals surface area contributed by atoms with Gasteiger partial charge in [-0.05, 0) is 56.5 Å². The highest BCUT2D eigenvalue weighted by Crippen LogP contribution is 2.22. The quantitative estimate of drug-likeness (QED) is 0.670. The Balaban J connectivity index is 2.34. The van der Waals surface area contributed by atoms with Gasteiger partial charge in [-0.3, -0.25) is 4.79 Å². The topological polar surface area (TPSA) is 48.3 Å². The molecule has 0 aliphatic rings. The maximum atomic E-state index is 12.9. The molecule has 0 amide bonds. The molecule has 0 N–H and O–H groups in total. The molecule has 0 atom stereocenters. The molecule has 26 heavy (non-hydrogen) atoms. The van der Waals surface area contributed by atoms with Crippen molar-refractivity contribution in [3.8, 4) is 0 Å². The van der Waals surface area contributed by atoms with Crippen LogP contribution in [-0.2, 0) is 11.3 Å². The van der Waals surface area contributed by atoms with E-state index < -0.39 is 5.97 Å². The van der Waals surface area contributed by atoms with Crippen LogP contribution in [0.5, 0.6) is 0 Å². The molecule has 0 bridgehead atoms. The minimum atomic E-state index is -0.592. The van der Waals surface area contributed by atoms with Gasteiger partial charge in [-0.15, -0.1) is 0 Å². The molecule has 0 aliphatic carbocycles. The minimum absolute atomic E-state index is 0.107. The van der Waals surface area contributed by atoms with Gasteiger partial charge in [0.15, 0.2) is 0 Å². The van der Waals surface area contributed by atoms with Crippen molar-refractivity contribution in [2.45, 2.75) is 34.2 Å². The molecule has 3 rings (SSSR count). The Morgan fingerprint density at radius 3 is 2.23 bits per heavy atom. The molecule has 0 saturated heterocycles. The Hall–Kier alpha value is -2.88. The van der Waals surface area contributed by atoms with Crippen molar-refractivity contribution >= 4 is 16.9 Å². The van der Waals surface area contributed by atoms with Gasteiger partial charge in [-0.1, -0.05) is 29.8 Å². The first-order valence-corrected chi connectivity index (χ1v) is 8.61. The number of nitrogens with zero attached hydrogens (tertiary/aromatic N) is 1. The normalized spacial score (nSPS) is 11.0. The highest BCUT2D eigenvalue weighted by Gasteiger charge is 2.21. The van der Waals surface area contributed by atoms with Crippen molar-refractivity contribution in [1.29, 1.82) is 0 Å². The van der Waals surface area contributed by atoms with E-state index in [1.54, 1.807) is 6.92 Å². The van der Waals surface area contributed by atoms with E-state index in [1.165, 1.54) is 12.7 Å². The second kappa shape index (κ2) is 6.79. The van der Waals surface area contributed by atoms with E-state index in [0.717, 1.165) is 22.2 Å². The maximum Gasteiger partial charge on any atom is 0.343 e. The van der Waals surface area contributed by atoms with Crippen molar-refractivity contribution < 1.29 is 9.53 Å². The smallest absolute Gasteiger partial charge is 0.343 e. The fourth-order valence-corrected chi connectivity index (χ4v) is 3.24. The summed E-state index contributed by atoms with van der Waals surface area (Å²) < 4.78 is 6.90. The minimum Gasteiger partial charge on any atom is -0.465 e. The molecule has 2 aromatic carbocycles. The molecule has 1 aromatic heterocycles. The van der Waals surface area contributed by atoms with Crippen molar-refractivity contribution in [3.05, 3.63) is 80.1 Å². The van der Waals surface area contributed by atoms with Gasteiger partial charge in [0.2, 0.25) is 5.43 Å². The van der Waals surface area contributed by atoms with Crippen LogP contribution in [-0.4, -0.2) is 17.6 Å². The molecule has 134 valence electrons. The lowest BCUT2D eigenvalue weighted by Gasteiger charge is -2.19. The number of aromatic nitrogens is 1. The summed E-state index contributed by atoms with van der Waals surface area (Å²) in [5.74, 6) is -0.592. The summed E-state index contributed by atoms with van der Waals surface area (Å²) in [5, 5.41) is 0.547. The summed E-state index contributed by atoms with van der Waals surface area (Å²) in [4.78, 5) is 25.2. The summed E-state index contributed by atoms with van der Waals surface area (Å²) >= 11 is 0. The second-order valence-electron chi connectivity index (χ2n) is 6.81. The molecule has 0 fully saturated rings. The summed E-state index contributed by atoms with van der Waals surface area (Å²) in [7, 11) is 1.30. The molecule has 1 heterocycles. The number of hydrogen-bond donors (Lipinski definition) is 0. The van der Waals surface area contributed by atoms with Crippen molar-refractivity contribution in [2.24, 2.45) is 0 Å². The number of methoxy groups -OCH3 is 1. The van der Waals surface area contributed by atoms with Gasteiger partial charge >= 0.3 is 5.97 Å². The third kappa shape index (κ3) is 3.03. The van der Waals surface area contributed by atoms with Crippen LogP contribution in [0.15, 0.2) is 41.2 Å². The zero-order valence-electron chi connectivity index (χ0n) is 15.8. The number of aryl methyl sites for hydroxylation is 3. The van der Waals surface area contributed by atoms with Crippen molar-refractivity contribution in [3.63, 3.8) is 0 Å². The fourth-order valence-electron chi connectivity index (χ4n) is 3.24. The summed E-state index contributed by atoms with van der Waals surface area (Å²) in [6.07, 6.45) is 0. The zero-order valence-corrected chi connectivity index (χ0v) is 15.8. The van der Waals surface area contributed by atoms with E-state index in [2.05, 4.69) is 24.3 Å². The van der Waals surface area contributed by atoms with Crippen LogP contribution < -0.4 is 5.43 Å². The van der Waals surface area contributed by atoms with Crippen LogP contribution in [0.1, 0.15) is 38.3 Å². The molecule has 4 heteroatoms. The maximum absolute atomic E-state index is 12.9. The van der Waals surface area contributed by atoms with E-state index in [4.69, 9.17) is 4.74 Å². The van der Waals surface area contributed by atoms with Gasteiger partial charge in [-0.2, -0.15) is 0 Å². The van der Waals surface area contributed by atoms with Crippen molar-refractivity contribution in [2.75, 3.05) is 7.11 Å². The fraction of sp³-hybridized carbons (Fsp3) is 0.273. The third-order valence-corrected chi connectivity index (χ3v) is 4.99. The molecule has 0 spiro atoms. The Morgan fingerprint density at radius 1 is 1.00 bits per heavy atom. The first-order valence-electron chi connectivity index (χ1n) is 8.61. The van der Waals surface area contributed by atoms with E-state index in [0.29, 0.717) is 17.6 Å². The highest BCUT2D eigenvalue weighted by atomic mass is 16.5. The largest absolute Gasteiger partial charge is 0.465 e. The Labute approximate surface area is 153 Å². The van der Waals surface area contributed by atoms with E-state index in [-0.39, 0.29) is 11.0 Å². The standard InChI is InChI=1S/C22H23NO3/c1-13-6-8-17(9-7-13)12-23-16(4)20(22(25)26-5)21(24)18-10-14(2)15(3)11-19(18)23/h6-11H,12H2,1-5H3. The summed E-state index contributed by atoms with van der Waals surface area (Å²) in [6, 6.07) is 12.1. The monoisotopic (exact) mass is 349 g/mol. The summed E-state index contributed by atoms with van der Waals surface area (Å²) in [5.41, 5.74) is 5.73. The first-order chi connectivity index (χ1) is 12.3. The summed E-state index contributed by atoms with van der Waals surface area (Å²) in [6.45, 7) is 8.42. The second-order valence-corrected chi connectivity index (χ2v) is 6.81. The molecular weight excluding hydrogens is 326 g/mol. The van der Waals surface area contributed by atoms with Crippen LogP contribution in [0, 0.1) is 27.7 Å². The van der Waals surface area contributed by atoms with Gasteiger partial charge < -0.3 is 9.30 Å². The van der Waals surface area contributed by atoms with Crippen LogP contribution in [0.25, 0.3) is 10.9 Å². The van der Waals surface area contributed by atoms with Gasteiger partial charge in [-0.25, -0.2) is 4.79 Å². The molecular formula is C22H23NO3. The number of rotatable bonds is 3. The lowest BCUT2D eigenvalue weighted by atomic mass is 10.0. The number of ether oxygens (including phenoxy) is 1. The van der Waals surface area contributed by atoms with E-state index >= 15 is 0 Å². The predicted octanol–water partition coefficient (Wildman–Crippen LogP) is 4.07. The number of hydrogen-bond acceptors (Lipinski definition) is 3. The molecule has 4 nitrogen and oxygen atoms in total. The predicted molar refractivity (Wildman–Crippen MR) is 104 cm³/mol. The Morgan fingerprint density at radius 2 is 1.62 bits per heavy atom. The first kappa shape index (κ1) is 17.9. The number of carbonyl (C=O) groups excluding carboxylic acids is 1. The van der Waals surface area contributed by atoms with Gasteiger partial charge in [0, 0.05) is 17.6 Å². The van der Waals surface area contributed by atoms with E-state index in [1.807, 2.05) is 37.5 Å². The van der Waals surface area contributed by atoms with E-state index in [9.17, 15) is 9.59 Å². The van der Waals surface area contributed by atoms with Crippen LogP contribution in [0.3, 0.4) is 0 Å². The lowest BCUT2D eigenvalue weighted by Crippen LogP contribution is -2.24. The zero-order chi connectivity index (χ0) is 19.0. The molecule has 0 saturated carbocycles. The Bertz CT molecular complexity index is 1060. The molecule has 0 radical (unpaired) electrons. The van der Waals surface area contributed by atoms with Crippen LogP contribution in [0.2, 0.25) is 0 Å². The molecule has 0 aliphatic heterocycles. The highest BCUT2D eigenvalue weighted by molar-refractivity contribution is 5.95. The van der Waals surface area contributed by atoms with Crippen LogP contribution in [0.4, 0.5) is 0 Å². The number of pyridine rings is 1. The van der Waals surface area contributed by atoms with Crippen LogP contribution >= 0.6 is 0 Å². The Kier molecular flexibility index (Phi) is 4.68. The lowest BCUT2D eigenvalue weighted by molar-refractivity contribution is 0.0597. The molecule has 0 unspecified atom stereocenters. The van der Waals surface area contributed by atoms with Crippen molar-refractivity contribution in [1.82, 2.24) is 4.57 Å². The van der Waals surface area contributed by atoms with Gasteiger partial charge in [0.25, 0.3) is 0 Å². The average molecular weight is 349 g/mol. The van der Waals surface area contributed by atoms with Gasteiger partial charge in [0.05, 0.1) is 12.6 Å². The number of esters is 1. The van der Waals surface area contributed by atoms with Gasteiger partial charge in [0.1, 0.15) is 5.56 Å².